The van der Waals surface area contributed by atoms with Crippen LogP contribution in [0, 0.1) is 41.7 Å². The summed E-state index contributed by atoms with van der Waals surface area (Å²) in [6.45, 7) is 0. The average Bonchev–Trinajstić information content (AvgIpc) is 0. The third-order valence-corrected chi connectivity index (χ3v) is 0. The van der Waals surface area contributed by atoms with Gasteiger partial charge in [-0.25, -0.2) is 0 Å². The first-order valence-electron chi connectivity index (χ1n) is 0. The van der Waals surface area contributed by atoms with E-state index in [4.69, 9.17) is 0 Å². The maximum absolute atomic E-state index is 0. The van der Waals surface area contributed by atoms with Crippen LogP contribution in [-0.2, 0) is 37.5 Å². The molecule has 0 spiro atoms. The summed E-state index contributed by atoms with van der Waals surface area (Å²) in [6, 6.07) is 0. The fraction of sp³-hybridized carbons (Fsp3) is 0. The maximum atomic E-state index is 0. The molecule has 5 heteroatoms. The molecule has 0 aromatic rings. The topological polar surface area (TPSA) is 85.5 Å². The van der Waals surface area contributed by atoms with Gasteiger partial charge < -0.3 is 16.4 Å². The average molecular weight is 284 g/mol. The van der Waals surface area contributed by atoms with Crippen LogP contribution in [-0.4, -0.2) is 0 Å². The van der Waals surface area contributed by atoms with Crippen LogP contribution in [0.25, 0.3) is 0 Å². The van der Waals surface area contributed by atoms with Crippen LogP contribution in [0.15, 0.2) is 0 Å². The van der Waals surface area contributed by atoms with Gasteiger partial charge in [0.25, 0.3) is 0 Å². The van der Waals surface area contributed by atoms with Gasteiger partial charge in [0.05, 0.1) is 0 Å². The molecule has 0 aromatic heterocycles. The van der Waals surface area contributed by atoms with Gasteiger partial charge in [-0.1, -0.05) is 0 Å². The zero-order chi connectivity index (χ0) is 0. The molecular weight excluding hydrogens is 284 g/mol. The Morgan fingerprint density at radius 2 is 0.600 bits per heavy atom. The number of hydrogen-bond acceptors (Lipinski definition) is 0. The summed E-state index contributed by atoms with van der Waals surface area (Å²) in [5.74, 6) is 0. The quantitative estimate of drug-likeness (QED) is 0.544. The van der Waals surface area contributed by atoms with Gasteiger partial charge in [0.1, 0.15) is 0 Å². The van der Waals surface area contributed by atoms with Crippen molar-refractivity contribution in [2.75, 3.05) is 0 Å². The molecule has 0 unspecified atom stereocenters. The molecule has 0 fully saturated rings. The molecule has 3 nitrogen and oxygen atoms in total. The van der Waals surface area contributed by atoms with E-state index in [0.29, 0.717) is 0 Å². The molecule has 0 saturated heterocycles. The zero-order valence-corrected chi connectivity index (χ0v) is 7.28. The molecule has 0 atom stereocenters. The predicted octanol–water partition coefficient (Wildman–Crippen LogP) is -0.359. The first-order valence-corrected chi connectivity index (χ1v) is 0. The largest absolute Gasteiger partial charge is 6.00 e. The summed E-state index contributed by atoms with van der Waals surface area (Å²) in [5.41, 5.74) is 0. The number of rotatable bonds is 0. The third-order valence-electron chi connectivity index (χ3n) is 0. The third kappa shape index (κ3) is 24.5. The molecule has 0 bridgehead atoms. The van der Waals surface area contributed by atoms with Crippen molar-refractivity contribution in [3.05, 3.63) is 0 Å². The second-order valence-electron chi connectivity index (χ2n) is 0. The number of hydrogen-bond donors (Lipinski definition) is 0. The first kappa shape index (κ1) is 64.9. The maximum Gasteiger partial charge on any atom is 6.00 e. The minimum Gasteiger partial charge on any atom is -2.00 e. The normalized spacial score (nSPS) is 0. The van der Waals surface area contributed by atoms with E-state index < -0.39 is 0 Å². The summed E-state index contributed by atoms with van der Waals surface area (Å²) in [5, 5.41) is 0. The Morgan fingerprint density at radius 1 is 0.600 bits per heavy atom. The predicted molar refractivity (Wildman–Crippen MR) is 2.06 cm³/mol. The molecule has 0 rings (SSSR count). The van der Waals surface area contributed by atoms with E-state index in [1.807, 2.05) is 0 Å². The minimum absolute atomic E-state index is 0. The van der Waals surface area contributed by atoms with Gasteiger partial charge in [0, 0.05) is 41.7 Å². The molecule has 0 amide bonds. The molecule has 0 heterocycles. The minimum atomic E-state index is 0. The van der Waals surface area contributed by atoms with Crippen LogP contribution in [0.5, 0.6) is 0 Å². The molecule has 0 saturated carbocycles. The van der Waals surface area contributed by atoms with Crippen molar-refractivity contribution in [2.24, 2.45) is 0 Å². The Bertz CT molecular complexity index is 6.85. The van der Waals surface area contributed by atoms with Crippen LogP contribution in [0.4, 0.5) is 0 Å². The van der Waals surface area contributed by atoms with E-state index >= 15 is 0 Å². The molecule has 5 heavy (non-hydrogen) atoms. The van der Waals surface area contributed by atoms with Crippen LogP contribution < -0.4 is 0 Å². The summed E-state index contributed by atoms with van der Waals surface area (Å²) in [6.07, 6.45) is 0. The second kappa shape index (κ2) is 38.4. The van der Waals surface area contributed by atoms with Crippen molar-refractivity contribution in [1.82, 2.24) is 0 Å². The Morgan fingerprint density at radius 3 is 0.600 bits per heavy atom. The summed E-state index contributed by atoms with van der Waals surface area (Å²) in [7, 11) is 0. The first-order chi connectivity index (χ1) is 0. The summed E-state index contributed by atoms with van der Waals surface area (Å²) >= 11 is 0. The van der Waals surface area contributed by atoms with E-state index in [0.717, 1.165) is 0 Å². The van der Waals surface area contributed by atoms with Gasteiger partial charge in [-0.3, -0.25) is 0 Å². The fourth-order valence-electron chi connectivity index (χ4n) is 0. The van der Waals surface area contributed by atoms with Crippen molar-refractivity contribution in [3.63, 3.8) is 0 Å². The molecule has 0 N–H and O–H groups in total. The standard InChI is InChI=1S/Ce.Mo.3O/q;+6;3*-2. The van der Waals surface area contributed by atoms with Crippen molar-refractivity contribution in [1.29, 1.82) is 0 Å². The van der Waals surface area contributed by atoms with Crippen molar-refractivity contribution in [2.45, 2.75) is 0 Å². The van der Waals surface area contributed by atoms with E-state index in [-0.39, 0.29) is 79.2 Å². The van der Waals surface area contributed by atoms with Gasteiger partial charge >= 0.3 is 21.1 Å². The zero-order valence-electron chi connectivity index (χ0n) is 2.13. The summed E-state index contributed by atoms with van der Waals surface area (Å²) < 4.78 is 0. The van der Waals surface area contributed by atoms with Gasteiger partial charge in [-0.15, -0.1) is 0 Å². The van der Waals surface area contributed by atoms with E-state index in [2.05, 4.69) is 0 Å². The Labute approximate surface area is 78.1 Å². The van der Waals surface area contributed by atoms with Gasteiger partial charge in [0.15, 0.2) is 0 Å². The van der Waals surface area contributed by atoms with Crippen molar-refractivity contribution < 1.29 is 79.2 Å². The second-order valence-corrected chi connectivity index (χ2v) is 0. The van der Waals surface area contributed by atoms with E-state index in [1.165, 1.54) is 0 Å². The SMILES string of the molecule is [Ce].[Mo+6].[O-2].[O-2].[O-2]. The van der Waals surface area contributed by atoms with Crippen molar-refractivity contribution >= 4 is 0 Å². The van der Waals surface area contributed by atoms with E-state index in [9.17, 15) is 0 Å². The Hall–Kier alpha value is 1.94. The van der Waals surface area contributed by atoms with Crippen LogP contribution >= 0.6 is 0 Å². The summed E-state index contributed by atoms with van der Waals surface area (Å²) in [4.78, 5) is 0. The van der Waals surface area contributed by atoms with Crippen LogP contribution in [0.1, 0.15) is 0 Å². The Kier molecular flexibility index (Phi) is 499. The van der Waals surface area contributed by atoms with Crippen molar-refractivity contribution in [3.8, 4) is 0 Å². The van der Waals surface area contributed by atoms with Gasteiger partial charge in [-0.2, -0.15) is 0 Å². The van der Waals surface area contributed by atoms with Crippen LogP contribution in [0.3, 0.4) is 0 Å². The Balaban J connectivity index is 0. The fourth-order valence-corrected chi connectivity index (χ4v) is 0. The molecular formula is CeMoO3. The molecule has 0 aliphatic carbocycles. The molecule has 0 aromatic carbocycles. The van der Waals surface area contributed by atoms with Gasteiger partial charge in [-0.05, 0) is 0 Å². The monoisotopic (exact) mass is 286 g/mol. The molecule has 28 valence electrons. The molecule has 0 radical (unpaired) electrons. The van der Waals surface area contributed by atoms with Gasteiger partial charge in [0.2, 0.25) is 0 Å². The molecule has 0 aliphatic heterocycles. The van der Waals surface area contributed by atoms with E-state index in [1.54, 1.807) is 0 Å². The smallest absolute Gasteiger partial charge is 2.00 e. The van der Waals surface area contributed by atoms with Crippen LogP contribution in [0.2, 0.25) is 0 Å². The molecule has 0 aliphatic rings.